The van der Waals surface area contributed by atoms with Crippen LogP contribution >= 0.6 is 15.9 Å². The van der Waals surface area contributed by atoms with E-state index in [1.807, 2.05) is 6.07 Å². The smallest absolute Gasteiger partial charge is 0.355 e. The van der Waals surface area contributed by atoms with Crippen LogP contribution in [0.15, 0.2) is 27.9 Å². The number of carbonyl (C=O) groups excluding carboxylic acids is 2. The molecule has 0 fully saturated rings. The van der Waals surface area contributed by atoms with E-state index >= 15 is 0 Å². The van der Waals surface area contributed by atoms with Gasteiger partial charge in [-0.05, 0) is 28.1 Å². The molecule has 0 unspecified atom stereocenters. The molecule has 9 heteroatoms. The fourth-order valence-electron chi connectivity index (χ4n) is 2.18. The molecule has 0 spiro atoms. The maximum atomic E-state index is 13.7. The Bertz CT molecular complexity index is 772. The van der Waals surface area contributed by atoms with Gasteiger partial charge in [-0.15, -0.1) is 0 Å². The zero-order valence-electron chi connectivity index (χ0n) is 12.8. The predicted octanol–water partition coefficient (Wildman–Crippen LogP) is 1.85. The van der Waals surface area contributed by atoms with E-state index in [0.29, 0.717) is 0 Å². The van der Waals surface area contributed by atoms with Crippen molar-refractivity contribution in [3.05, 3.63) is 39.3 Å². The Morgan fingerprint density at radius 3 is 2.58 bits per heavy atom. The minimum Gasteiger partial charge on any atom is -0.466 e. The van der Waals surface area contributed by atoms with Gasteiger partial charge >= 0.3 is 11.9 Å². The van der Waals surface area contributed by atoms with Gasteiger partial charge in [0.25, 0.3) is 0 Å². The molecule has 24 heavy (non-hydrogen) atoms. The quantitative estimate of drug-likeness (QED) is 0.717. The van der Waals surface area contributed by atoms with Gasteiger partial charge in [-0.2, -0.15) is 5.26 Å². The van der Waals surface area contributed by atoms with Gasteiger partial charge in [0.15, 0.2) is 0 Å². The molecule has 126 valence electrons. The van der Waals surface area contributed by atoms with Gasteiger partial charge in [0.05, 0.1) is 42.1 Å². The van der Waals surface area contributed by atoms with Crippen molar-refractivity contribution >= 4 is 33.6 Å². The summed E-state index contributed by atoms with van der Waals surface area (Å²) in [5.41, 5.74) is -0.0235. The van der Waals surface area contributed by atoms with Gasteiger partial charge in [-0.3, -0.25) is 0 Å². The number of nitriles is 1. The molecule has 0 atom stereocenters. The second kappa shape index (κ2) is 7.42. The molecule has 1 aliphatic rings. The zero-order valence-corrected chi connectivity index (χ0v) is 14.3. The van der Waals surface area contributed by atoms with Crippen LogP contribution in [0.1, 0.15) is 5.56 Å². The zero-order chi connectivity index (χ0) is 17.9. The molecule has 0 saturated carbocycles. The van der Waals surface area contributed by atoms with Crippen LogP contribution in [0.25, 0.3) is 0 Å². The minimum atomic E-state index is -0.803. The largest absolute Gasteiger partial charge is 0.466 e. The Morgan fingerprint density at radius 1 is 1.33 bits per heavy atom. The van der Waals surface area contributed by atoms with Crippen molar-refractivity contribution in [2.75, 3.05) is 32.5 Å². The molecule has 0 aliphatic carbocycles. The summed E-state index contributed by atoms with van der Waals surface area (Å²) in [6, 6.07) is 4.18. The van der Waals surface area contributed by atoms with E-state index in [-0.39, 0.29) is 40.3 Å². The fourth-order valence-corrected chi connectivity index (χ4v) is 2.51. The molecule has 7 nitrogen and oxygen atoms in total. The summed E-state index contributed by atoms with van der Waals surface area (Å²) in [6.45, 7) is -0.282. The number of ether oxygens (including phenoxy) is 3. The lowest BCUT2D eigenvalue weighted by atomic mass is 10.1. The third kappa shape index (κ3) is 3.25. The second-order valence-electron chi connectivity index (χ2n) is 4.61. The van der Waals surface area contributed by atoms with E-state index < -0.39 is 17.8 Å². The maximum Gasteiger partial charge on any atom is 0.355 e. The SMILES string of the molecule is COC(=O)C1=C(C(=O)OC)N(c2cc(Br)c(F)cc2C#N)COC1. The number of esters is 2. The first-order valence-electron chi connectivity index (χ1n) is 6.58. The highest BCUT2D eigenvalue weighted by Crippen LogP contribution is 2.32. The van der Waals surface area contributed by atoms with Gasteiger partial charge in [0.2, 0.25) is 0 Å². The van der Waals surface area contributed by atoms with Crippen molar-refractivity contribution in [1.82, 2.24) is 0 Å². The predicted molar refractivity (Wildman–Crippen MR) is 83.2 cm³/mol. The molecular formula is C15H12BrFN2O5. The van der Waals surface area contributed by atoms with Crippen LogP contribution in [0.3, 0.4) is 0 Å². The van der Waals surface area contributed by atoms with Crippen LogP contribution < -0.4 is 4.90 Å². The Hall–Kier alpha value is -2.44. The van der Waals surface area contributed by atoms with Gasteiger partial charge in [0.1, 0.15) is 24.3 Å². The van der Waals surface area contributed by atoms with Crippen LogP contribution in [-0.4, -0.2) is 39.5 Å². The first-order valence-corrected chi connectivity index (χ1v) is 7.38. The van der Waals surface area contributed by atoms with Crippen LogP contribution in [-0.2, 0) is 23.8 Å². The van der Waals surface area contributed by atoms with Gasteiger partial charge in [-0.25, -0.2) is 14.0 Å². The molecule has 0 aromatic heterocycles. The molecular weight excluding hydrogens is 387 g/mol. The van der Waals surface area contributed by atoms with Crippen molar-refractivity contribution < 1.29 is 28.2 Å². The summed E-state index contributed by atoms with van der Waals surface area (Å²) in [6.07, 6.45) is 0. The van der Waals surface area contributed by atoms with Crippen LogP contribution in [0.2, 0.25) is 0 Å². The Labute approximate surface area is 145 Å². The number of benzene rings is 1. The summed E-state index contributed by atoms with van der Waals surface area (Å²) in [7, 11) is 2.32. The topological polar surface area (TPSA) is 88.9 Å². The van der Waals surface area contributed by atoms with Crippen molar-refractivity contribution in [3.63, 3.8) is 0 Å². The van der Waals surface area contributed by atoms with E-state index in [1.54, 1.807) is 0 Å². The molecule has 1 aromatic rings. The third-order valence-electron chi connectivity index (χ3n) is 3.28. The highest BCUT2D eigenvalue weighted by molar-refractivity contribution is 9.10. The van der Waals surface area contributed by atoms with E-state index in [1.165, 1.54) is 18.1 Å². The molecule has 0 amide bonds. The number of methoxy groups -OCH3 is 2. The summed E-state index contributed by atoms with van der Waals surface area (Å²) < 4.78 is 28.4. The molecule has 0 radical (unpaired) electrons. The van der Waals surface area contributed by atoms with E-state index in [0.717, 1.165) is 13.2 Å². The van der Waals surface area contributed by atoms with Crippen molar-refractivity contribution in [3.8, 4) is 6.07 Å². The summed E-state index contributed by atoms with van der Waals surface area (Å²) >= 11 is 3.03. The normalized spacial score (nSPS) is 14.2. The highest BCUT2D eigenvalue weighted by atomic mass is 79.9. The van der Waals surface area contributed by atoms with E-state index in [4.69, 9.17) is 9.47 Å². The minimum absolute atomic E-state index is 0.0354. The second-order valence-corrected chi connectivity index (χ2v) is 5.47. The number of halogens is 2. The lowest BCUT2D eigenvalue weighted by Crippen LogP contribution is -2.39. The first kappa shape index (κ1) is 17.9. The lowest BCUT2D eigenvalue weighted by Gasteiger charge is -2.31. The van der Waals surface area contributed by atoms with Crippen LogP contribution in [0, 0.1) is 17.1 Å². The van der Waals surface area contributed by atoms with Gasteiger partial charge in [0, 0.05) is 0 Å². The summed E-state index contributed by atoms with van der Waals surface area (Å²) in [5.74, 6) is -2.20. The van der Waals surface area contributed by atoms with E-state index in [9.17, 15) is 19.2 Å². The Balaban J connectivity index is 2.68. The Kier molecular flexibility index (Phi) is 5.54. The van der Waals surface area contributed by atoms with Gasteiger partial charge in [-0.1, -0.05) is 0 Å². The number of anilines is 1. The molecule has 0 N–H and O–H groups in total. The van der Waals surface area contributed by atoms with Crippen molar-refractivity contribution in [2.45, 2.75) is 0 Å². The Morgan fingerprint density at radius 2 is 2.00 bits per heavy atom. The van der Waals surface area contributed by atoms with Crippen molar-refractivity contribution in [1.29, 1.82) is 5.26 Å². The molecule has 2 rings (SSSR count). The monoisotopic (exact) mass is 398 g/mol. The fraction of sp³-hybridized carbons (Fsp3) is 0.267. The lowest BCUT2D eigenvalue weighted by molar-refractivity contribution is -0.140. The number of nitrogens with zero attached hydrogens (tertiary/aromatic N) is 2. The average Bonchev–Trinajstić information content (AvgIpc) is 2.61. The first-order chi connectivity index (χ1) is 11.4. The number of hydrogen-bond donors (Lipinski definition) is 0. The number of rotatable bonds is 3. The molecule has 1 aliphatic heterocycles. The third-order valence-corrected chi connectivity index (χ3v) is 3.89. The average molecular weight is 399 g/mol. The van der Waals surface area contributed by atoms with Crippen LogP contribution in [0.4, 0.5) is 10.1 Å². The molecule has 1 aromatic carbocycles. The maximum absolute atomic E-state index is 13.7. The standard InChI is InChI=1S/C15H12BrFN2O5/c1-22-14(20)9-6-24-7-19(13(9)15(21)23-2)12-4-10(16)11(17)3-8(12)5-18/h3-4H,6-7H2,1-2H3. The molecule has 0 bridgehead atoms. The summed E-state index contributed by atoms with van der Waals surface area (Å²) in [4.78, 5) is 25.4. The van der Waals surface area contributed by atoms with Gasteiger partial charge < -0.3 is 19.1 Å². The molecule has 0 saturated heterocycles. The molecule has 1 heterocycles. The van der Waals surface area contributed by atoms with Crippen LogP contribution in [0.5, 0.6) is 0 Å². The number of hydrogen-bond acceptors (Lipinski definition) is 7. The summed E-state index contributed by atoms with van der Waals surface area (Å²) in [5, 5.41) is 9.24. The highest BCUT2D eigenvalue weighted by Gasteiger charge is 2.33. The number of carbonyl (C=O) groups is 2. The van der Waals surface area contributed by atoms with E-state index in [2.05, 4.69) is 20.7 Å². The van der Waals surface area contributed by atoms with Crippen molar-refractivity contribution in [2.24, 2.45) is 0 Å².